The standard InChI is InChI=1S/C16H20N4O/c21-15(11-5-6-11)17-12-7-9-20(10-8-12)16-18-13-3-1-2-4-14(13)19-16/h1-4,11-12H,5-10H2,(H,17,21)(H,18,19). The SMILES string of the molecule is O=C(NC1CCN(c2nc3ccccc3[nH]2)CC1)C1CC1. The van der Waals surface area contributed by atoms with Crippen LogP contribution in [-0.4, -0.2) is 35.0 Å². The molecule has 21 heavy (non-hydrogen) atoms. The van der Waals surface area contributed by atoms with Crippen LogP contribution in [0.3, 0.4) is 0 Å². The Morgan fingerprint density at radius 3 is 2.67 bits per heavy atom. The molecule has 0 radical (unpaired) electrons. The number of nitrogens with zero attached hydrogens (tertiary/aromatic N) is 2. The Labute approximate surface area is 123 Å². The van der Waals surface area contributed by atoms with E-state index in [4.69, 9.17) is 0 Å². The van der Waals surface area contributed by atoms with E-state index in [0.717, 1.165) is 55.8 Å². The van der Waals surface area contributed by atoms with Crippen LogP contribution in [0, 0.1) is 5.92 Å². The van der Waals surface area contributed by atoms with Crippen molar-refractivity contribution in [2.75, 3.05) is 18.0 Å². The van der Waals surface area contributed by atoms with Crippen LogP contribution < -0.4 is 10.2 Å². The van der Waals surface area contributed by atoms with E-state index < -0.39 is 0 Å². The van der Waals surface area contributed by atoms with Gasteiger partial charge in [-0.25, -0.2) is 4.98 Å². The van der Waals surface area contributed by atoms with Gasteiger partial charge in [0.05, 0.1) is 11.0 Å². The first kappa shape index (κ1) is 12.7. The van der Waals surface area contributed by atoms with Gasteiger partial charge in [-0.2, -0.15) is 0 Å². The maximum absolute atomic E-state index is 11.8. The lowest BCUT2D eigenvalue weighted by atomic mass is 10.1. The molecule has 0 bridgehead atoms. The van der Waals surface area contributed by atoms with Crippen LogP contribution in [0.5, 0.6) is 0 Å². The van der Waals surface area contributed by atoms with Gasteiger partial charge in [-0.05, 0) is 37.8 Å². The highest BCUT2D eigenvalue weighted by Gasteiger charge is 2.32. The van der Waals surface area contributed by atoms with Crippen molar-refractivity contribution >= 4 is 22.9 Å². The van der Waals surface area contributed by atoms with Crippen LogP contribution >= 0.6 is 0 Å². The number of H-pyrrole nitrogens is 1. The highest BCUT2D eigenvalue weighted by atomic mass is 16.2. The predicted molar refractivity (Wildman–Crippen MR) is 82.2 cm³/mol. The van der Waals surface area contributed by atoms with Gasteiger partial charge in [0.15, 0.2) is 0 Å². The van der Waals surface area contributed by atoms with E-state index >= 15 is 0 Å². The molecule has 1 saturated heterocycles. The van der Waals surface area contributed by atoms with E-state index in [0.29, 0.717) is 12.0 Å². The summed E-state index contributed by atoms with van der Waals surface area (Å²) in [4.78, 5) is 22.1. The van der Waals surface area contributed by atoms with Gasteiger partial charge in [-0.15, -0.1) is 0 Å². The number of anilines is 1. The molecule has 2 heterocycles. The second-order valence-electron chi connectivity index (χ2n) is 6.12. The van der Waals surface area contributed by atoms with E-state index in [1.807, 2.05) is 18.2 Å². The number of para-hydroxylation sites is 2. The zero-order chi connectivity index (χ0) is 14.2. The van der Waals surface area contributed by atoms with Gasteiger partial charge < -0.3 is 15.2 Å². The number of rotatable bonds is 3. The number of carbonyl (C=O) groups excluding carboxylic acids is 1. The Hall–Kier alpha value is -2.04. The Balaban J connectivity index is 1.39. The van der Waals surface area contributed by atoms with Gasteiger partial charge in [0, 0.05) is 25.0 Å². The molecule has 1 aliphatic carbocycles. The van der Waals surface area contributed by atoms with Crippen molar-refractivity contribution in [3.8, 4) is 0 Å². The lowest BCUT2D eigenvalue weighted by Gasteiger charge is -2.32. The van der Waals surface area contributed by atoms with E-state index in [-0.39, 0.29) is 5.91 Å². The number of hydrogen-bond donors (Lipinski definition) is 2. The van der Waals surface area contributed by atoms with Crippen LogP contribution in [0.25, 0.3) is 11.0 Å². The second-order valence-corrected chi connectivity index (χ2v) is 6.12. The third-order valence-corrected chi connectivity index (χ3v) is 4.47. The van der Waals surface area contributed by atoms with Crippen molar-refractivity contribution in [2.45, 2.75) is 31.7 Å². The molecular formula is C16H20N4O. The Kier molecular flexibility index (Phi) is 3.05. The minimum Gasteiger partial charge on any atom is -0.353 e. The maximum Gasteiger partial charge on any atom is 0.223 e. The number of benzene rings is 1. The van der Waals surface area contributed by atoms with Crippen molar-refractivity contribution in [3.05, 3.63) is 24.3 Å². The van der Waals surface area contributed by atoms with E-state index in [1.165, 1.54) is 0 Å². The minimum atomic E-state index is 0.261. The third kappa shape index (κ3) is 2.60. The normalized spacial score (nSPS) is 19.9. The lowest BCUT2D eigenvalue weighted by molar-refractivity contribution is -0.123. The molecule has 1 aromatic carbocycles. The second kappa shape index (κ2) is 5.06. The summed E-state index contributed by atoms with van der Waals surface area (Å²) in [6.07, 6.45) is 4.14. The predicted octanol–water partition coefficient (Wildman–Crippen LogP) is 2.06. The summed E-state index contributed by atoms with van der Waals surface area (Å²) < 4.78 is 0. The van der Waals surface area contributed by atoms with Gasteiger partial charge >= 0.3 is 0 Å². The summed E-state index contributed by atoms with van der Waals surface area (Å²) >= 11 is 0. The number of aromatic amines is 1. The molecule has 2 N–H and O–H groups in total. The number of aromatic nitrogens is 2. The van der Waals surface area contributed by atoms with Crippen LogP contribution in [0.1, 0.15) is 25.7 Å². The number of nitrogens with one attached hydrogen (secondary N) is 2. The molecule has 1 amide bonds. The zero-order valence-corrected chi connectivity index (χ0v) is 12.0. The van der Waals surface area contributed by atoms with Crippen LogP contribution in [0.4, 0.5) is 5.95 Å². The van der Waals surface area contributed by atoms with E-state index in [1.54, 1.807) is 0 Å². The molecule has 0 unspecified atom stereocenters. The molecule has 1 aromatic heterocycles. The number of fused-ring (bicyclic) bond motifs is 1. The monoisotopic (exact) mass is 284 g/mol. The molecular weight excluding hydrogens is 264 g/mol. The molecule has 5 heteroatoms. The molecule has 2 aromatic rings. The molecule has 110 valence electrons. The fourth-order valence-electron chi connectivity index (χ4n) is 2.99. The first-order chi connectivity index (χ1) is 10.3. The highest BCUT2D eigenvalue weighted by Crippen LogP contribution is 2.29. The summed E-state index contributed by atoms with van der Waals surface area (Å²) in [6, 6.07) is 8.43. The van der Waals surface area contributed by atoms with E-state index in [9.17, 15) is 4.79 Å². The summed E-state index contributed by atoms with van der Waals surface area (Å²) in [5.41, 5.74) is 2.09. The fourth-order valence-corrected chi connectivity index (χ4v) is 2.99. The molecule has 4 rings (SSSR count). The van der Waals surface area contributed by atoms with E-state index in [2.05, 4.69) is 26.3 Å². The van der Waals surface area contributed by atoms with Crippen molar-refractivity contribution in [2.24, 2.45) is 5.92 Å². The van der Waals surface area contributed by atoms with Gasteiger partial charge in [-0.1, -0.05) is 12.1 Å². The first-order valence-corrected chi connectivity index (χ1v) is 7.80. The summed E-state index contributed by atoms with van der Waals surface area (Å²) in [7, 11) is 0. The van der Waals surface area contributed by atoms with Gasteiger partial charge in [0.1, 0.15) is 0 Å². The van der Waals surface area contributed by atoms with Crippen LogP contribution in [0.2, 0.25) is 0 Å². The van der Waals surface area contributed by atoms with Crippen LogP contribution in [0.15, 0.2) is 24.3 Å². The summed E-state index contributed by atoms with van der Waals surface area (Å²) in [6.45, 7) is 1.88. The maximum atomic E-state index is 11.8. The Bertz CT molecular complexity index is 620. The number of piperidine rings is 1. The Morgan fingerprint density at radius 1 is 1.19 bits per heavy atom. The van der Waals surface area contributed by atoms with Gasteiger partial charge in [0.25, 0.3) is 0 Å². The minimum absolute atomic E-state index is 0.261. The van der Waals surface area contributed by atoms with Gasteiger partial charge in [-0.3, -0.25) is 4.79 Å². The smallest absolute Gasteiger partial charge is 0.223 e. The van der Waals surface area contributed by atoms with Crippen molar-refractivity contribution in [1.82, 2.24) is 15.3 Å². The average molecular weight is 284 g/mol. The van der Waals surface area contributed by atoms with Crippen LogP contribution in [-0.2, 0) is 4.79 Å². The quantitative estimate of drug-likeness (QED) is 0.907. The highest BCUT2D eigenvalue weighted by molar-refractivity contribution is 5.81. The lowest BCUT2D eigenvalue weighted by Crippen LogP contribution is -2.45. The molecule has 2 fully saturated rings. The van der Waals surface area contributed by atoms with Crippen molar-refractivity contribution in [3.63, 3.8) is 0 Å². The molecule has 0 atom stereocenters. The third-order valence-electron chi connectivity index (χ3n) is 4.47. The van der Waals surface area contributed by atoms with Crippen molar-refractivity contribution in [1.29, 1.82) is 0 Å². The molecule has 2 aliphatic rings. The topological polar surface area (TPSA) is 61.0 Å². The average Bonchev–Trinajstić information content (AvgIpc) is 3.27. The number of imidazole rings is 1. The first-order valence-electron chi connectivity index (χ1n) is 7.80. The number of amides is 1. The Morgan fingerprint density at radius 2 is 1.95 bits per heavy atom. The van der Waals surface area contributed by atoms with Crippen molar-refractivity contribution < 1.29 is 4.79 Å². The molecule has 1 saturated carbocycles. The molecule has 1 aliphatic heterocycles. The fraction of sp³-hybridized carbons (Fsp3) is 0.500. The summed E-state index contributed by atoms with van der Waals surface area (Å²) in [5.74, 6) is 1.51. The largest absolute Gasteiger partial charge is 0.353 e. The molecule has 5 nitrogen and oxygen atoms in total. The van der Waals surface area contributed by atoms with Gasteiger partial charge in [0.2, 0.25) is 11.9 Å². The summed E-state index contributed by atoms with van der Waals surface area (Å²) in [5, 5.41) is 3.18. The zero-order valence-electron chi connectivity index (χ0n) is 12.0. The number of carbonyl (C=O) groups is 1. The number of hydrogen-bond acceptors (Lipinski definition) is 3. The molecule has 0 spiro atoms.